The lowest BCUT2D eigenvalue weighted by molar-refractivity contribution is 0.167. The molecule has 0 radical (unpaired) electrons. The third-order valence-corrected chi connectivity index (χ3v) is 3.65. The zero-order chi connectivity index (χ0) is 12.1. The number of hydrogen-bond donors (Lipinski definition) is 2. The number of rotatable bonds is 5. The molecule has 2 N–H and O–H groups in total. The Balaban J connectivity index is 1.69. The van der Waals surface area contributed by atoms with Crippen LogP contribution in [0.3, 0.4) is 0 Å². The Kier molecular flexibility index (Phi) is 4.57. The third-order valence-electron chi connectivity index (χ3n) is 3.65. The summed E-state index contributed by atoms with van der Waals surface area (Å²) in [6.07, 6.45) is 4.33. The van der Waals surface area contributed by atoms with Crippen LogP contribution in [-0.4, -0.2) is 23.8 Å². The second-order valence-corrected chi connectivity index (χ2v) is 5.37. The molecular weight excluding hydrogens is 210 g/mol. The Labute approximate surface area is 104 Å². The van der Waals surface area contributed by atoms with Crippen molar-refractivity contribution in [2.75, 3.05) is 6.54 Å². The van der Waals surface area contributed by atoms with Crippen molar-refractivity contribution >= 4 is 0 Å². The summed E-state index contributed by atoms with van der Waals surface area (Å²) in [7, 11) is 0. The first kappa shape index (κ1) is 12.6. The molecule has 0 heterocycles. The lowest BCUT2D eigenvalue weighted by Crippen LogP contribution is -2.35. The quantitative estimate of drug-likeness (QED) is 0.818. The minimum Gasteiger partial charge on any atom is -0.391 e. The molecule has 1 aliphatic rings. The van der Waals surface area contributed by atoms with Gasteiger partial charge in [0.25, 0.3) is 0 Å². The van der Waals surface area contributed by atoms with Crippen LogP contribution in [-0.2, 0) is 6.42 Å². The number of aliphatic hydroxyl groups is 1. The maximum Gasteiger partial charge on any atom is 0.0704 e. The van der Waals surface area contributed by atoms with Crippen molar-refractivity contribution in [3.63, 3.8) is 0 Å². The van der Waals surface area contributed by atoms with Gasteiger partial charge in [0.2, 0.25) is 0 Å². The fraction of sp³-hybridized carbons (Fsp3) is 0.600. The molecule has 2 nitrogen and oxygen atoms in total. The van der Waals surface area contributed by atoms with Crippen molar-refractivity contribution in [2.45, 2.75) is 44.8 Å². The van der Waals surface area contributed by atoms with Gasteiger partial charge in [-0.15, -0.1) is 0 Å². The Morgan fingerprint density at radius 2 is 2.06 bits per heavy atom. The zero-order valence-electron chi connectivity index (χ0n) is 10.6. The molecule has 0 amide bonds. The van der Waals surface area contributed by atoms with E-state index in [1.54, 1.807) is 0 Å². The van der Waals surface area contributed by atoms with Crippen molar-refractivity contribution in [1.82, 2.24) is 5.32 Å². The maximum atomic E-state index is 9.97. The molecule has 2 heteroatoms. The molecule has 17 heavy (non-hydrogen) atoms. The van der Waals surface area contributed by atoms with Gasteiger partial charge in [0.1, 0.15) is 0 Å². The molecule has 1 aromatic carbocycles. The topological polar surface area (TPSA) is 32.3 Å². The standard InChI is InChI=1S/C15H23NO/c1-12-7-8-14(9-12)16-11-15(17)10-13-5-3-2-4-6-13/h2-6,12,14-17H,7-11H2,1H3/t12?,14?,15-/m0/s1. The summed E-state index contributed by atoms with van der Waals surface area (Å²) >= 11 is 0. The average molecular weight is 233 g/mol. The van der Waals surface area contributed by atoms with Crippen LogP contribution in [0.2, 0.25) is 0 Å². The zero-order valence-corrected chi connectivity index (χ0v) is 10.6. The predicted octanol–water partition coefficient (Wildman–Crippen LogP) is 2.37. The normalized spacial score (nSPS) is 26.0. The summed E-state index contributed by atoms with van der Waals surface area (Å²) in [5, 5.41) is 13.4. The van der Waals surface area contributed by atoms with Crippen LogP contribution < -0.4 is 5.32 Å². The molecule has 0 aliphatic heterocycles. The highest BCUT2D eigenvalue weighted by Gasteiger charge is 2.21. The van der Waals surface area contributed by atoms with Gasteiger partial charge in [-0.25, -0.2) is 0 Å². The van der Waals surface area contributed by atoms with E-state index in [1.165, 1.54) is 24.8 Å². The molecule has 1 saturated carbocycles. The molecule has 2 unspecified atom stereocenters. The van der Waals surface area contributed by atoms with Crippen molar-refractivity contribution in [3.8, 4) is 0 Å². The Hall–Kier alpha value is -0.860. The van der Waals surface area contributed by atoms with Crippen LogP contribution in [0.25, 0.3) is 0 Å². The Morgan fingerprint density at radius 1 is 1.29 bits per heavy atom. The number of aliphatic hydroxyl groups excluding tert-OH is 1. The SMILES string of the molecule is CC1CCC(NC[C@@H](O)Cc2ccccc2)C1. The highest BCUT2D eigenvalue weighted by molar-refractivity contribution is 5.15. The third kappa shape index (κ3) is 4.14. The van der Waals surface area contributed by atoms with E-state index in [9.17, 15) is 5.11 Å². The van der Waals surface area contributed by atoms with E-state index < -0.39 is 0 Å². The summed E-state index contributed by atoms with van der Waals surface area (Å²) in [6, 6.07) is 10.8. The number of nitrogens with one attached hydrogen (secondary N) is 1. The van der Waals surface area contributed by atoms with E-state index in [-0.39, 0.29) is 6.10 Å². The van der Waals surface area contributed by atoms with Crippen LogP contribution in [0, 0.1) is 5.92 Å². The van der Waals surface area contributed by atoms with Crippen molar-refractivity contribution in [2.24, 2.45) is 5.92 Å². The van der Waals surface area contributed by atoms with Crippen LogP contribution in [0.4, 0.5) is 0 Å². The van der Waals surface area contributed by atoms with Crippen molar-refractivity contribution < 1.29 is 5.11 Å². The molecule has 0 aromatic heterocycles. The summed E-state index contributed by atoms with van der Waals surface area (Å²) in [5.74, 6) is 0.846. The molecular formula is C15H23NO. The minimum atomic E-state index is -0.270. The molecule has 3 atom stereocenters. The molecule has 94 valence electrons. The van der Waals surface area contributed by atoms with Gasteiger partial charge in [-0.2, -0.15) is 0 Å². The van der Waals surface area contributed by atoms with Crippen molar-refractivity contribution in [1.29, 1.82) is 0 Å². The fourth-order valence-corrected chi connectivity index (χ4v) is 2.65. The second-order valence-electron chi connectivity index (χ2n) is 5.37. The number of benzene rings is 1. The first-order valence-electron chi connectivity index (χ1n) is 6.69. The molecule has 0 saturated heterocycles. The van der Waals surface area contributed by atoms with Crippen molar-refractivity contribution in [3.05, 3.63) is 35.9 Å². The largest absolute Gasteiger partial charge is 0.391 e. The van der Waals surface area contributed by atoms with Gasteiger partial charge in [-0.3, -0.25) is 0 Å². The average Bonchev–Trinajstić information content (AvgIpc) is 2.74. The number of hydrogen-bond acceptors (Lipinski definition) is 2. The van der Waals surface area contributed by atoms with Gasteiger partial charge in [0.05, 0.1) is 6.10 Å². The first-order valence-corrected chi connectivity index (χ1v) is 6.69. The second kappa shape index (κ2) is 6.18. The van der Waals surface area contributed by atoms with E-state index in [0.717, 1.165) is 12.3 Å². The van der Waals surface area contributed by atoms with Gasteiger partial charge in [-0.1, -0.05) is 37.3 Å². The van der Waals surface area contributed by atoms with Crippen LogP contribution in [0.5, 0.6) is 0 Å². The van der Waals surface area contributed by atoms with E-state index in [4.69, 9.17) is 0 Å². The summed E-state index contributed by atoms with van der Waals surface area (Å²) in [4.78, 5) is 0. The van der Waals surface area contributed by atoms with E-state index in [2.05, 4.69) is 24.4 Å². The monoisotopic (exact) mass is 233 g/mol. The van der Waals surface area contributed by atoms with Crippen LogP contribution in [0.1, 0.15) is 31.7 Å². The molecule has 0 bridgehead atoms. The van der Waals surface area contributed by atoms with Crippen LogP contribution >= 0.6 is 0 Å². The maximum absolute atomic E-state index is 9.97. The highest BCUT2D eigenvalue weighted by atomic mass is 16.3. The smallest absolute Gasteiger partial charge is 0.0704 e. The lowest BCUT2D eigenvalue weighted by Gasteiger charge is -2.16. The van der Waals surface area contributed by atoms with Gasteiger partial charge in [0, 0.05) is 12.6 Å². The van der Waals surface area contributed by atoms with Crippen LogP contribution in [0.15, 0.2) is 30.3 Å². The van der Waals surface area contributed by atoms with E-state index in [0.29, 0.717) is 12.6 Å². The van der Waals surface area contributed by atoms with E-state index >= 15 is 0 Å². The molecule has 1 aromatic rings. The Morgan fingerprint density at radius 3 is 2.71 bits per heavy atom. The Bertz CT molecular complexity index is 325. The van der Waals surface area contributed by atoms with E-state index in [1.807, 2.05) is 18.2 Å². The lowest BCUT2D eigenvalue weighted by atomic mass is 10.1. The molecule has 1 aliphatic carbocycles. The molecule has 2 rings (SSSR count). The minimum absolute atomic E-state index is 0.270. The van der Waals surface area contributed by atoms with Gasteiger partial charge < -0.3 is 10.4 Å². The molecule has 1 fully saturated rings. The summed E-state index contributed by atoms with van der Waals surface area (Å²) in [6.45, 7) is 3.02. The first-order chi connectivity index (χ1) is 8.24. The van der Waals surface area contributed by atoms with Gasteiger partial charge in [-0.05, 0) is 37.2 Å². The summed E-state index contributed by atoms with van der Waals surface area (Å²) in [5.41, 5.74) is 1.21. The predicted molar refractivity (Wildman–Crippen MR) is 71.0 cm³/mol. The fourth-order valence-electron chi connectivity index (χ4n) is 2.65. The highest BCUT2D eigenvalue weighted by Crippen LogP contribution is 2.24. The summed E-state index contributed by atoms with van der Waals surface area (Å²) < 4.78 is 0. The van der Waals surface area contributed by atoms with Gasteiger partial charge in [0.15, 0.2) is 0 Å². The van der Waals surface area contributed by atoms with Gasteiger partial charge >= 0.3 is 0 Å². The molecule has 0 spiro atoms.